The van der Waals surface area contributed by atoms with Crippen LogP contribution in [0.1, 0.15) is 30.7 Å². The van der Waals surface area contributed by atoms with Crippen molar-refractivity contribution in [1.82, 2.24) is 15.1 Å². The number of likely N-dealkylation sites (N-methyl/N-ethyl adjacent to an activating group) is 1. The van der Waals surface area contributed by atoms with E-state index >= 15 is 0 Å². The summed E-state index contributed by atoms with van der Waals surface area (Å²) >= 11 is 5.22. The van der Waals surface area contributed by atoms with Gasteiger partial charge in [0, 0.05) is 25.2 Å². The molecule has 1 aromatic heterocycles. The van der Waals surface area contributed by atoms with Gasteiger partial charge in [-0.15, -0.1) is 5.10 Å². The van der Waals surface area contributed by atoms with E-state index in [2.05, 4.69) is 40.9 Å². The standard InChI is InChI=1S/C14H23N5S/c1-9-10(2)16-17-13(11(9)12(15)20)19-7-6-18(5)14(3,4)8-19/h6-8H2,1-5H3,(H2,15,20). The molecule has 0 radical (unpaired) electrons. The monoisotopic (exact) mass is 293 g/mol. The van der Waals surface area contributed by atoms with E-state index in [1.54, 1.807) is 0 Å². The van der Waals surface area contributed by atoms with Gasteiger partial charge in [0.1, 0.15) is 4.99 Å². The van der Waals surface area contributed by atoms with E-state index in [0.29, 0.717) is 4.99 Å². The van der Waals surface area contributed by atoms with Crippen LogP contribution >= 0.6 is 12.2 Å². The highest BCUT2D eigenvalue weighted by Gasteiger charge is 2.33. The van der Waals surface area contributed by atoms with Crippen LogP contribution in [0.2, 0.25) is 0 Å². The van der Waals surface area contributed by atoms with Gasteiger partial charge >= 0.3 is 0 Å². The van der Waals surface area contributed by atoms with Crippen LogP contribution in [0.15, 0.2) is 0 Å². The second-order valence-electron chi connectivity index (χ2n) is 6.13. The molecule has 5 nitrogen and oxygen atoms in total. The summed E-state index contributed by atoms with van der Waals surface area (Å²) in [6.45, 7) is 11.2. The molecule has 1 aliphatic heterocycles. The Labute approximate surface area is 126 Å². The molecule has 1 fully saturated rings. The summed E-state index contributed by atoms with van der Waals surface area (Å²) in [5, 5.41) is 8.61. The maximum atomic E-state index is 5.91. The summed E-state index contributed by atoms with van der Waals surface area (Å²) in [6, 6.07) is 0. The summed E-state index contributed by atoms with van der Waals surface area (Å²) in [7, 11) is 2.15. The number of nitrogens with two attached hydrogens (primary N) is 1. The fourth-order valence-electron chi connectivity index (χ4n) is 2.53. The minimum absolute atomic E-state index is 0.0895. The summed E-state index contributed by atoms with van der Waals surface area (Å²) in [5.41, 5.74) is 8.78. The number of nitrogens with zero attached hydrogens (tertiary/aromatic N) is 4. The Balaban J connectivity index is 2.44. The zero-order valence-electron chi connectivity index (χ0n) is 12.9. The molecule has 1 saturated heterocycles. The summed E-state index contributed by atoms with van der Waals surface area (Å²) < 4.78 is 0. The molecular formula is C14H23N5S. The van der Waals surface area contributed by atoms with E-state index in [4.69, 9.17) is 18.0 Å². The van der Waals surface area contributed by atoms with Crippen LogP contribution in [-0.4, -0.2) is 52.3 Å². The van der Waals surface area contributed by atoms with Crippen LogP contribution < -0.4 is 10.6 Å². The Morgan fingerprint density at radius 1 is 1.25 bits per heavy atom. The van der Waals surface area contributed by atoms with E-state index < -0.39 is 0 Å². The quantitative estimate of drug-likeness (QED) is 0.829. The van der Waals surface area contributed by atoms with Gasteiger partial charge in [0.2, 0.25) is 0 Å². The second-order valence-corrected chi connectivity index (χ2v) is 6.57. The topological polar surface area (TPSA) is 58.3 Å². The second kappa shape index (κ2) is 5.26. The normalized spacial score (nSPS) is 19.1. The average molecular weight is 293 g/mol. The SMILES string of the molecule is Cc1nnc(N2CCN(C)C(C)(C)C2)c(C(N)=S)c1C. The predicted octanol–water partition coefficient (Wildman–Crippen LogP) is 1.26. The Morgan fingerprint density at radius 3 is 2.45 bits per heavy atom. The smallest absolute Gasteiger partial charge is 0.161 e. The zero-order valence-corrected chi connectivity index (χ0v) is 13.7. The number of thiocarbonyl (C=S) groups is 1. The molecule has 2 N–H and O–H groups in total. The van der Waals surface area contributed by atoms with Gasteiger partial charge in [0.25, 0.3) is 0 Å². The zero-order chi connectivity index (χ0) is 15.1. The van der Waals surface area contributed by atoms with Gasteiger partial charge in [-0.3, -0.25) is 4.90 Å². The van der Waals surface area contributed by atoms with Crippen molar-refractivity contribution in [1.29, 1.82) is 0 Å². The van der Waals surface area contributed by atoms with Gasteiger partial charge < -0.3 is 10.6 Å². The van der Waals surface area contributed by atoms with Crippen LogP contribution in [0.4, 0.5) is 5.82 Å². The van der Waals surface area contributed by atoms with Gasteiger partial charge in [-0.2, -0.15) is 5.10 Å². The highest BCUT2D eigenvalue weighted by Crippen LogP contribution is 2.27. The Hall–Kier alpha value is -1.27. The number of rotatable bonds is 2. The fourth-order valence-corrected chi connectivity index (χ4v) is 2.78. The Bertz CT molecular complexity index is 541. The first-order valence-electron chi connectivity index (χ1n) is 6.84. The lowest BCUT2D eigenvalue weighted by atomic mass is 9.99. The van der Waals surface area contributed by atoms with E-state index in [1.807, 2.05) is 13.8 Å². The fraction of sp³-hybridized carbons (Fsp3) is 0.643. The molecule has 1 aliphatic rings. The third-order valence-electron chi connectivity index (χ3n) is 4.30. The Kier molecular flexibility index (Phi) is 3.97. The molecular weight excluding hydrogens is 270 g/mol. The first-order chi connectivity index (χ1) is 9.24. The number of piperazine rings is 1. The largest absolute Gasteiger partial charge is 0.389 e. The molecule has 2 rings (SSSR count). The lowest BCUT2D eigenvalue weighted by molar-refractivity contribution is 0.138. The van der Waals surface area contributed by atoms with E-state index in [1.165, 1.54) is 0 Å². The van der Waals surface area contributed by atoms with Crippen molar-refractivity contribution in [2.75, 3.05) is 31.6 Å². The lowest BCUT2D eigenvalue weighted by Crippen LogP contribution is -2.58. The Morgan fingerprint density at radius 2 is 1.90 bits per heavy atom. The molecule has 0 spiro atoms. The van der Waals surface area contributed by atoms with Crippen molar-refractivity contribution in [3.8, 4) is 0 Å². The van der Waals surface area contributed by atoms with Gasteiger partial charge in [0.15, 0.2) is 5.82 Å². The van der Waals surface area contributed by atoms with E-state index in [-0.39, 0.29) is 5.54 Å². The van der Waals surface area contributed by atoms with Gasteiger partial charge in [-0.1, -0.05) is 12.2 Å². The predicted molar refractivity (Wildman–Crippen MR) is 86.3 cm³/mol. The number of aromatic nitrogens is 2. The van der Waals surface area contributed by atoms with Crippen LogP contribution in [0.5, 0.6) is 0 Å². The van der Waals surface area contributed by atoms with Crippen LogP contribution in [0, 0.1) is 13.8 Å². The van der Waals surface area contributed by atoms with Crippen molar-refractivity contribution in [2.45, 2.75) is 33.2 Å². The molecule has 6 heteroatoms. The van der Waals surface area contributed by atoms with Gasteiger partial charge in [0.05, 0.1) is 11.3 Å². The van der Waals surface area contributed by atoms with Crippen molar-refractivity contribution in [3.63, 3.8) is 0 Å². The minimum Gasteiger partial charge on any atom is -0.389 e. The molecule has 0 bridgehead atoms. The number of hydrogen-bond acceptors (Lipinski definition) is 5. The molecule has 0 aromatic carbocycles. The highest BCUT2D eigenvalue weighted by molar-refractivity contribution is 7.80. The number of anilines is 1. The molecule has 0 atom stereocenters. The first-order valence-corrected chi connectivity index (χ1v) is 7.24. The van der Waals surface area contributed by atoms with Crippen LogP contribution in [-0.2, 0) is 0 Å². The number of hydrogen-bond donors (Lipinski definition) is 1. The molecule has 0 amide bonds. The maximum absolute atomic E-state index is 5.91. The molecule has 0 aliphatic carbocycles. The summed E-state index contributed by atoms with van der Waals surface area (Å²) in [6.07, 6.45) is 0. The number of aryl methyl sites for hydroxylation is 1. The van der Waals surface area contributed by atoms with Crippen molar-refractivity contribution >= 4 is 23.0 Å². The third-order valence-corrected chi connectivity index (χ3v) is 4.50. The van der Waals surface area contributed by atoms with Gasteiger partial charge in [-0.05, 0) is 40.3 Å². The van der Waals surface area contributed by atoms with Crippen LogP contribution in [0.25, 0.3) is 0 Å². The molecule has 1 aromatic rings. The summed E-state index contributed by atoms with van der Waals surface area (Å²) in [5.74, 6) is 0.821. The average Bonchev–Trinajstić information content (AvgIpc) is 2.35. The van der Waals surface area contributed by atoms with Gasteiger partial charge in [-0.25, -0.2) is 0 Å². The molecule has 20 heavy (non-hydrogen) atoms. The molecule has 2 heterocycles. The summed E-state index contributed by atoms with van der Waals surface area (Å²) in [4.78, 5) is 5.00. The third kappa shape index (κ3) is 2.62. The maximum Gasteiger partial charge on any atom is 0.161 e. The van der Waals surface area contributed by atoms with E-state index in [0.717, 1.165) is 42.3 Å². The lowest BCUT2D eigenvalue weighted by Gasteiger charge is -2.46. The highest BCUT2D eigenvalue weighted by atomic mass is 32.1. The minimum atomic E-state index is 0.0895. The molecule has 110 valence electrons. The molecule has 0 saturated carbocycles. The van der Waals surface area contributed by atoms with Crippen LogP contribution in [0.3, 0.4) is 0 Å². The van der Waals surface area contributed by atoms with Crippen molar-refractivity contribution in [3.05, 3.63) is 16.8 Å². The van der Waals surface area contributed by atoms with Crippen molar-refractivity contribution < 1.29 is 0 Å². The first kappa shape index (κ1) is 15.1. The van der Waals surface area contributed by atoms with E-state index in [9.17, 15) is 0 Å². The van der Waals surface area contributed by atoms with Crippen molar-refractivity contribution in [2.24, 2.45) is 5.73 Å². The molecule has 0 unspecified atom stereocenters.